The van der Waals surface area contributed by atoms with Crippen molar-refractivity contribution in [1.29, 1.82) is 0 Å². The van der Waals surface area contributed by atoms with E-state index in [1.807, 2.05) is 34.6 Å². The van der Waals surface area contributed by atoms with Crippen LogP contribution in [0.15, 0.2) is 0 Å². The molecule has 0 spiro atoms. The van der Waals surface area contributed by atoms with Gasteiger partial charge in [-0.25, -0.2) is 0 Å². The highest BCUT2D eigenvalue weighted by Crippen LogP contribution is 2.05. The third-order valence-electron chi connectivity index (χ3n) is 2.15. The molecule has 0 aromatic rings. The fourth-order valence-corrected chi connectivity index (χ4v) is 1.44. The predicted octanol–water partition coefficient (Wildman–Crippen LogP) is 1.75. The summed E-state index contributed by atoms with van der Waals surface area (Å²) >= 11 is 0. The Kier molecular flexibility index (Phi) is 8.97. The van der Waals surface area contributed by atoms with Crippen molar-refractivity contribution in [1.82, 2.24) is 5.32 Å². The first-order valence-electron chi connectivity index (χ1n) is 6.90. The van der Waals surface area contributed by atoms with Crippen LogP contribution in [0.2, 0.25) is 0 Å². The van der Waals surface area contributed by atoms with Crippen molar-refractivity contribution in [2.75, 3.05) is 26.4 Å². The highest BCUT2D eigenvalue weighted by atomic mass is 16.5. The average Bonchev–Trinajstić information content (AvgIpc) is 2.25. The average molecular weight is 275 g/mol. The van der Waals surface area contributed by atoms with Crippen LogP contribution in [-0.2, 0) is 19.0 Å². The molecule has 1 N–H and O–H groups in total. The monoisotopic (exact) mass is 275 g/mol. The molecule has 0 aliphatic carbocycles. The predicted molar refractivity (Wildman–Crippen MR) is 75.2 cm³/mol. The summed E-state index contributed by atoms with van der Waals surface area (Å²) in [6.07, 6.45) is 0. The van der Waals surface area contributed by atoms with Gasteiger partial charge in [-0.15, -0.1) is 0 Å². The molecule has 0 saturated carbocycles. The van der Waals surface area contributed by atoms with Gasteiger partial charge in [0, 0.05) is 6.04 Å². The lowest BCUT2D eigenvalue weighted by molar-refractivity contribution is -0.148. The second kappa shape index (κ2) is 9.28. The summed E-state index contributed by atoms with van der Waals surface area (Å²) in [5.41, 5.74) is -0.167. The lowest BCUT2D eigenvalue weighted by Crippen LogP contribution is -2.45. The van der Waals surface area contributed by atoms with E-state index in [4.69, 9.17) is 14.2 Å². The van der Waals surface area contributed by atoms with Crippen molar-refractivity contribution in [2.45, 2.75) is 59.2 Å². The second-order valence-electron chi connectivity index (χ2n) is 5.66. The van der Waals surface area contributed by atoms with Crippen LogP contribution in [0, 0.1) is 0 Å². The molecule has 1 atom stereocenters. The van der Waals surface area contributed by atoms with Crippen LogP contribution in [0.25, 0.3) is 0 Å². The van der Waals surface area contributed by atoms with Gasteiger partial charge in [0.25, 0.3) is 0 Å². The molecule has 0 aliphatic rings. The molecule has 0 aliphatic heterocycles. The highest BCUT2D eigenvalue weighted by Gasteiger charge is 2.20. The van der Waals surface area contributed by atoms with E-state index in [-0.39, 0.29) is 17.6 Å². The lowest BCUT2D eigenvalue weighted by Gasteiger charge is -2.21. The van der Waals surface area contributed by atoms with Crippen molar-refractivity contribution in [2.24, 2.45) is 0 Å². The van der Waals surface area contributed by atoms with Gasteiger partial charge in [-0.05, 0) is 27.7 Å². The number of esters is 1. The molecule has 114 valence electrons. The fraction of sp³-hybridized carbons (Fsp3) is 0.929. The first kappa shape index (κ1) is 18.4. The number of ether oxygens (including phenoxy) is 3. The Morgan fingerprint density at radius 1 is 1.21 bits per heavy atom. The fourth-order valence-electron chi connectivity index (χ4n) is 1.44. The first-order chi connectivity index (χ1) is 8.76. The maximum absolute atomic E-state index is 11.7. The zero-order valence-corrected chi connectivity index (χ0v) is 13.1. The molecule has 0 aromatic carbocycles. The quantitative estimate of drug-likeness (QED) is 0.513. The number of hydrogen-bond donors (Lipinski definition) is 1. The number of hydrogen-bond acceptors (Lipinski definition) is 5. The molecular weight excluding hydrogens is 246 g/mol. The Morgan fingerprint density at radius 3 is 2.32 bits per heavy atom. The molecule has 0 heterocycles. The van der Waals surface area contributed by atoms with E-state index >= 15 is 0 Å². The molecule has 0 bridgehead atoms. The van der Waals surface area contributed by atoms with Gasteiger partial charge in [0.05, 0.1) is 32.0 Å². The van der Waals surface area contributed by atoms with Crippen molar-refractivity contribution in [3.8, 4) is 0 Å². The zero-order chi connectivity index (χ0) is 14.9. The van der Waals surface area contributed by atoms with Gasteiger partial charge in [0.2, 0.25) is 0 Å². The minimum absolute atomic E-state index is 0.167. The molecule has 5 nitrogen and oxygen atoms in total. The van der Waals surface area contributed by atoms with Gasteiger partial charge in [0.15, 0.2) is 0 Å². The van der Waals surface area contributed by atoms with Crippen LogP contribution in [0.5, 0.6) is 0 Å². The Hall–Kier alpha value is -0.650. The normalized spacial score (nSPS) is 13.6. The smallest absolute Gasteiger partial charge is 0.325 e. The summed E-state index contributed by atoms with van der Waals surface area (Å²) in [5, 5.41) is 3.13. The summed E-state index contributed by atoms with van der Waals surface area (Å²) in [5.74, 6) is -0.270. The van der Waals surface area contributed by atoms with E-state index in [9.17, 15) is 4.79 Å². The molecule has 19 heavy (non-hydrogen) atoms. The largest absolute Gasteiger partial charge is 0.465 e. The van der Waals surface area contributed by atoms with Crippen LogP contribution >= 0.6 is 0 Å². The van der Waals surface area contributed by atoms with Crippen LogP contribution in [0.3, 0.4) is 0 Å². The maximum atomic E-state index is 11.7. The summed E-state index contributed by atoms with van der Waals surface area (Å²) in [6, 6.07) is -0.224. The molecule has 0 rings (SSSR count). The topological polar surface area (TPSA) is 56.8 Å². The van der Waals surface area contributed by atoms with Crippen LogP contribution < -0.4 is 5.32 Å². The van der Waals surface area contributed by atoms with E-state index < -0.39 is 6.04 Å². The summed E-state index contributed by atoms with van der Waals surface area (Å²) in [4.78, 5) is 11.7. The van der Waals surface area contributed by atoms with Crippen LogP contribution in [-0.4, -0.2) is 50.1 Å². The Morgan fingerprint density at radius 2 is 1.84 bits per heavy atom. The maximum Gasteiger partial charge on any atom is 0.325 e. The van der Waals surface area contributed by atoms with Gasteiger partial charge in [0.1, 0.15) is 6.04 Å². The standard InChI is InChI=1S/C14H29NO4/c1-7-18-13(16)12(15-11(2)3)10-17-8-9-19-14(4,5)6/h11-12,15H,7-10H2,1-6H3. The van der Waals surface area contributed by atoms with Crippen LogP contribution in [0.1, 0.15) is 41.5 Å². The highest BCUT2D eigenvalue weighted by molar-refractivity contribution is 5.75. The molecule has 5 heteroatoms. The second-order valence-corrected chi connectivity index (χ2v) is 5.66. The van der Waals surface area contributed by atoms with E-state index in [1.54, 1.807) is 6.92 Å². The zero-order valence-electron chi connectivity index (χ0n) is 13.1. The molecule has 0 radical (unpaired) electrons. The lowest BCUT2D eigenvalue weighted by atomic mass is 10.2. The van der Waals surface area contributed by atoms with Crippen molar-refractivity contribution < 1.29 is 19.0 Å². The molecular formula is C14H29NO4. The Labute approximate surface area is 117 Å². The van der Waals surface area contributed by atoms with E-state index in [2.05, 4.69) is 5.32 Å². The van der Waals surface area contributed by atoms with E-state index in [1.165, 1.54) is 0 Å². The molecule has 1 unspecified atom stereocenters. The van der Waals surface area contributed by atoms with Crippen molar-refractivity contribution in [3.63, 3.8) is 0 Å². The number of rotatable bonds is 9. The minimum Gasteiger partial charge on any atom is -0.465 e. The van der Waals surface area contributed by atoms with E-state index in [0.29, 0.717) is 26.4 Å². The molecule has 0 amide bonds. The van der Waals surface area contributed by atoms with Crippen LogP contribution in [0.4, 0.5) is 0 Å². The third-order valence-corrected chi connectivity index (χ3v) is 2.15. The first-order valence-corrected chi connectivity index (χ1v) is 6.90. The molecule has 0 saturated heterocycles. The summed E-state index contributed by atoms with van der Waals surface area (Å²) in [7, 11) is 0. The van der Waals surface area contributed by atoms with Gasteiger partial charge in [-0.1, -0.05) is 13.8 Å². The van der Waals surface area contributed by atoms with Crippen molar-refractivity contribution >= 4 is 5.97 Å². The van der Waals surface area contributed by atoms with Gasteiger partial charge in [-0.3, -0.25) is 4.79 Å². The van der Waals surface area contributed by atoms with E-state index in [0.717, 1.165) is 0 Å². The van der Waals surface area contributed by atoms with Gasteiger partial charge in [-0.2, -0.15) is 0 Å². The van der Waals surface area contributed by atoms with Gasteiger partial charge < -0.3 is 19.5 Å². The molecule has 0 aromatic heterocycles. The third kappa shape index (κ3) is 10.9. The van der Waals surface area contributed by atoms with Gasteiger partial charge >= 0.3 is 5.97 Å². The van der Waals surface area contributed by atoms with Crippen molar-refractivity contribution in [3.05, 3.63) is 0 Å². The number of carbonyl (C=O) groups excluding carboxylic acids is 1. The molecule has 0 fully saturated rings. The Bertz CT molecular complexity index is 248. The number of nitrogens with one attached hydrogen (secondary N) is 1. The summed E-state index contributed by atoms with van der Waals surface area (Å²) in [6.45, 7) is 13.4. The number of carbonyl (C=O) groups is 1. The SMILES string of the molecule is CCOC(=O)C(COCCOC(C)(C)C)NC(C)C. The minimum atomic E-state index is -0.422. The Balaban J connectivity index is 3.96. The summed E-state index contributed by atoms with van der Waals surface area (Å²) < 4.78 is 16.0.